The fraction of sp³-hybridized carbons (Fsp3) is 0.727. The number of carbonyl (C=O) groups excluding carboxylic acids is 1. The van der Waals surface area contributed by atoms with Crippen molar-refractivity contribution in [2.75, 3.05) is 13.1 Å². The number of aliphatic hydroxyl groups excluding tert-OH is 1. The normalized spacial score (nSPS) is 21.0. The molecule has 0 bridgehead atoms. The van der Waals surface area contributed by atoms with E-state index in [4.69, 9.17) is 5.73 Å². The van der Waals surface area contributed by atoms with E-state index in [0.717, 1.165) is 25.9 Å². The lowest BCUT2D eigenvalue weighted by Gasteiger charge is -2.40. The standard InChI is InChI=1S/C11H20N2O2/c1-11(2,6-3-10(12)15)13-7-4-9(14)5-8-13/h3,6,9,14H,4-5,7-8H2,1-2H3,(H2,12,15)/b6-3+. The van der Waals surface area contributed by atoms with E-state index >= 15 is 0 Å². The molecular formula is C11H20N2O2. The predicted octanol–water partition coefficient (Wildman–Crippen LogP) is 0.263. The highest BCUT2D eigenvalue weighted by Crippen LogP contribution is 2.21. The van der Waals surface area contributed by atoms with Gasteiger partial charge in [-0.25, -0.2) is 0 Å². The Kier molecular flexibility index (Phi) is 3.88. The summed E-state index contributed by atoms with van der Waals surface area (Å²) in [6.45, 7) is 5.81. The topological polar surface area (TPSA) is 66.6 Å². The van der Waals surface area contributed by atoms with Crippen LogP contribution in [0.5, 0.6) is 0 Å². The average Bonchev–Trinajstić information content (AvgIpc) is 2.16. The molecule has 0 radical (unpaired) electrons. The molecule has 86 valence electrons. The zero-order chi connectivity index (χ0) is 11.5. The van der Waals surface area contributed by atoms with E-state index in [2.05, 4.69) is 4.90 Å². The minimum Gasteiger partial charge on any atom is -0.393 e. The molecule has 1 heterocycles. The van der Waals surface area contributed by atoms with Crippen molar-refractivity contribution in [3.8, 4) is 0 Å². The number of nitrogens with zero attached hydrogens (tertiary/aromatic N) is 1. The van der Waals surface area contributed by atoms with Crippen LogP contribution in [0.3, 0.4) is 0 Å². The van der Waals surface area contributed by atoms with Crippen LogP contribution in [0.4, 0.5) is 0 Å². The summed E-state index contributed by atoms with van der Waals surface area (Å²) >= 11 is 0. The van der Waals surface area contributed by atoms with Crippen LogP contribution in [0.1, 0.15) is 26.7 Å². The molecule has 1 amide bonds. The van der Waals surface area contributed by atoms with Crippen molar-refractivity contribution >= 4 is 5.91 Å². The van der Waals surface area contributed by atoms with E-state index in [1.807, 2.05) is 19.9 Å². The van der Waals surface area contributed by atoms with Crippen molar-refractivity contribution in [2.45, 2.75) is 38.3 Å². The number of primary amides is 1. The third-order valence-electron chi connectivity index (χ3n) is 2.93. The molecule has 0 unspecified atom stereocenters. The Bertz CT molecular complexity index is 253. The number of hydrogen-bond donors (Lipinski definition) is 2. The van der Waals surface area contributed by atoms with Crippen molar-refractivity contribution in [3.05, 3.63) is 12.2 Å². The summed E-state index contributed by atoms with van der Waals surface area (Å²) < 4.78 is 0. The summed E-state index contributed by atoms with van der Waals surface area (Å²) in [5.74, 6) is -0.417. The van der Waals surface area contributed by atoms with Crippen molar-refractivity contribution in [1.82, 2.24) is 4.90 Å². The molecule has 1 aliphatic rings. The fourth-order valence-electron chi connectivity index (χ4n) is 1.83. The first-order chi connectivity index (χ1) is 6.92. The van der Waals surface area contributed by atoms with Gasteiger partial charge in [-0.05, 0) is 26.7 Å². The maximum absolute atomic E-state index is 10.7. The molecule has 1 rings (SSSR count). The fourth-order valence-corrected chi connectivity index (χ4v) is 1.83. The largest absolute Gasteiger partial charge is 0.393 e. The van der Waals surface area contributed by atoms with Gasteiger partial charge in [-0.3, -0.25) is 9.69 Å². The van der Waals surface area contributed by atoms with Crippen LogP contribution in [0, 0.1) is 0 Å². The molecule has 1 fully saturated rings. The lowest BCUT2D eigenvalue weighted by atomic mass is 9.97. The molecule has 0 spiro atoms. The molecule has 15 heavy (non-hydrogen) atoms. The molecule has 0 aromatic rings. The van der Waals surface area contributed by atoms with E-state index in [1.165, 1.54) is 6.08 Å². The van der Waals surface area contributed by atoms with E-state index in [9.17, 15) is 9.90 Å². The summed E-state index contributed by atoms with van der Waals surface area (Å²) in [4.78, 5) is 12.9. The Hall–Kier alpha value is -0.870. The van der Waals surface area contributed by atoms with E-state index in [0.29, 0.717) is 0 Å². The van der Waals surface area contributed by atoms with Gasteiger partial charge in [-0.15, -0.1) is 0 Å². The van der Waals surface area contributed by atoms with Crippen LogP contribution in [0.2, 0.25) is 0 Å². The number of rotatable bonds is 3. The summed E-state index contributed by atoms with van der Waals surface area (Å²) in [5.41, 5.74) is 4.90. The van der Waals surface area contributed by atoms with E-state index in [1.54, 1.807) is 0 Å². The van der Waals surface area contributed by atoms with Gasteiger partial charge in [-0.1, -0.05) is 6.08 Å². The zero-order valence-corrected chi connectivity index (χ0v) is 9.44. The lowest BCUT2D eigenvalue weighted by molar-refractivity contribution is -0.113. The molecular weight excluding hydrogens is 192 g/mol. The van der Waals surface area contributed by atoms with Crippen molar-refractivity contribution in [2.24, 2.45) is 5.73 Å². The van der Waals surface area contributed by atoms with Gasteiger partial charge in [0.15, 0.2) is 0 Å². The molecule has 1 aliphatic heterocycles. The number of carbonyl (C=O) groups is 1. The second-order valence-corrected chi connectivity index (χ2v) is 4.61. The summed E-state index contributed by atoms with van der Waals surface area (Å²) in [6, 6.07) is 0. The molecule has 0 aromatic carbocycles. The summed E-state index contributed by atoms with van der Waals surface area (Å²) in [6.07, 6.45) is 4.66. The van der Waals surface area contributed by atoms with E-state index < -0.39 is 5.91 Å². The number of piperidine rings is 1. The number of amides is 1. The van der Waals surface area contributed by atoms with Crippen LogP contribution in [-0.4, -0.2) is 40.6 Å². The second kappa shape index (κ2) is 4.77. The van der Waals surface area contributed by atoms with Crippen LogP contribution in [0.15, 0.2) is 12.2 Å². The van der Waals surface area contributed by atoms with Gasteiger partial charge < -0.3 is 10.8 Å². The number of aliphatic hydroxyl groups is 1. The van der Waals surface area contributed by atoms with Crippen LogP contribution in [-0.2, 0) is 4.79 Å². The maximum atomic E-state index is 10.7. The highest BCUT2D eigenvalue weighted by Gasteiger charge is 2.27. The van der Waals surface area contributed by atoms with Crippen molar-refractivity contribution in [3.63, 3.8) is 0 Å². The molecule has 4 nitrogen and oxygen atoms in total. The Morgan fingerprint density at radius 3 is 2.47 bits per heavy atom. The Labute approximate surface area is 90.7 Å². The smallest absolute Gasteiger partial charge is 0.241 e. The van der Waals surface area contributed by atoms with Crippen LogP contribution in [0.25, 0.3) is 0 Å². The minimum atomic E-state index is -0.417. The maximum Gasteiger partial charge on any atom is 0.241 e. The highest BCUT2D eigenvalue weighted by molar-refractivity contribution is 5.85. The Morgan fingerprint density at radius 1 is 1.47 bits per heavy atom. The SMILES string of the molecule is CC(C)(/C=C/C(N)=O)N1CCC(O)CC1. The van der Waals surface area contributed by atoms with E-state index in [-0.39, 0.29) is 11.6 Å². The molecule has 0 aliphatic carbocycles. The van der Waals surface area contributed by atoms with Crippen LogP contribution >= 0.6 is 0 Å². The first-order valence-corrected chi connectivity index (χ1v) is 5.33. The minimum absolute atomic E-state index is 0.169. The monoisotopic (exact) mass is 212 g/mol. The summed E-state index contributed by atoms with van der Waals surface area (Å²) in [7, 11) is 0. The van der Waals surface area contributed by atoms with Gasteiger partial charge in [0.25, 0.3) is 0 Å². The van der Waals surface area contributed by atoms with Gasteiger partial charge in [0.1, 0.15) is 0 Å². The predicted molar refractivity (Wildman–Crippen MR) is 59.2 cm³/mol. The van der Waals surface area contributed by atoms with Crippen molar-refractivity contribution in [1.29, 1.82) is 0 Å². The van der Waals surface area contributed by atoms with Gasteiger partial charge in [-0.2, -0.15) is 0 Å². The number of nitrogens with two attached hydrogens (primary N) is 1. The molecule has 3 N–H and O–H groups in total. The second-order valence-electron chi connectivity index (χ2n) is 4.61. The quantitative estimate of drug-likeness (QED) is 0.660. The van der Waals surface area contributed by atoms with Gasteiger partial charge in [0.2, 0.25) is 5.91 Å². The molecule has 0 atom stereocenters. The highest BCUT2D eigenvalue weighted by atomic mass is 16.3. The zero-order valence-electron chi connectivity index (χ0n) is 9.44. The first-order valence-electron chi connectivity index (χ1n) is 5.33. The summed E-state index contributed by atoms with van der Waals surface area (Å²) in [5, 5.41) is 9.39. The van der Waals surface area contributed by atoms with Crippen LogP contribution < -0.4 is 5.73 Å². The molecule has 0 saturated carbocycles. The van der Waals surface area contributed by atoms with Gasteiger partial charge in [0, 0.05) is 24.7 Å². The third-order valence-corrected chi connectivity index (χ3v) is 2.93. The lowest BCUT2D eigenvalue weighted by Crippen LogP contribution is -2.48. The average molecular weight is 212 g/mol. The van der Waals surface area contributed by atoms with Gasteiger partial charge >= 0.3 is 0 Å². The number of hydrogen-bond acceptors (Lipinski definition) is 3. The molecule has 0 aromatic heterocycles. The number of likely N-dealkylation sites (tertiary alicyclic amines) is 1. The Balaban J connectivity index is 2.57. The molecule has 1 saturated heterocycles. The third kappa shape index (κ3) is 3.64. The van der Waals surface area contributed by atoms with Gasteiger partial charge in [0.05, 0.1) is 6.10 Å². The van der Waals surface area contributed by atoms with Crippen molar-refractivity contribution < 1.29 is 9.90 Å². The first kappa shape index (κ1) is 12.2. The molecule has 4 heteroatoms. The Morgan fingerprint density at radius 2 is 2.00 bits per heavy atom.